The maximum Gasteiger partial charge on any atom is 0.262 e. The zero-order chi connectivity index (χ0) is 16.3. The Morgan fingerprint density at radius 1 is 1.23 bits per heavy atom. The van der Waals surface area contributed by atoms with Crippen molar-refractivity contribution in [1.82, 2.24) is 9.78 Å². The predicted octanol–water partition coefficient (Wildman–Crippen LogP) is 2.03. The third-order valence-electron chi connectivity index (χ3n) is 3.31. The van der Waals surface area contributed by atoms with Crippen LogP contribution in [0.4, 0.5) is 5.69 Å². The van der Waals surface area contributed by atoms with E-state index in [1.807, 2.05) is 13.8 Å². The molecule has 0 radical (unpaired) electrons. The van der Waals surface area contributed by atoms with Crippen LogP contribution >= 0.6 is 0 Å². The first-order chi connectivity index (χ1) is 10.4. The van der Waals surface area contributed by atoms with Crippen molar-refractivity contribution in [1.29, 1.82) is 0 Å². The molecular weight excluding hydrogens is 306 g/mol. The minimum atomic E-state index is -3.73. The molecular formula is C14H19N3O4S. The van der Waals surface area contributed by atoms with Crippen LogP contribution in [0.25, 0.3) is 0 Å². The lowest BCUT2D eigenvalue weighted by Gasteiger charge is -2.11. The molecule has 0 saturated heterocycles. The predicted molar refractivity (Wildman–Crippen MR) is 83.0 cm³/mol. The Balaban J connectivity index is 2.36. The lowest BCUT2D eigenvalue weighted by Crippen LogP contribution is -2.14. The second-order valence-electron chi connectivity index (χ2n) is 4.58. The molecule has 2 aromatic rings. The number of nitrogens with zero attached hydrogens (tertiary/aromatic N) is 2. The number of aromatic nitrogens is 2. The summed E-state index contributed by atoms with van der Waals surface area (Å²) in [5, 5.41) is 4.12. The maximum absolute atomic E-state index is 12.5. The van der Waals surface area contributed by atoms with Crippen molar-refractivity contribution < 1.29 is 17.9 Å². The van der Waals surface area contributed by atoms with Gasteiger partial charge in [0.1, 0.15) is 0 Å². The highest BCUT2D eigenvalue weighted by molar-refractivity contribution is 7.92. The van der Waals surface area contributed by atoms with Crippen molar-refractivity contribution in [2.24, 2.45) is 0 Å². The average Bonchev–Trinajstić information content (AvgIpc) is 2.86. The lowest BCUT2D eigenvalue weighted by atomic mass is 10.3. The molecule has 0 saturated carbocycles. The molecule has 7 nitrogen and oxygen atoms in total. The molecule has 0 spiro atoms. The molecule has 0 amide bonds. The average molecular weight is 325 g/mol. The van der Waals surface area contributed by atoms with Crippen molar-refractivity contribution >= 4 is 15.7 Å². The molecule has 120 valence electrons. The monoisotopic (exact) mass is 325 g/mol. The second-order valence-corrected chi connectivity index (χ2v) is 6.26. The van der Waals surface area contributed by atoms with Gasteiger partial charge in [-0.3, -0.25) is 9.40 Å². The van der Waals surface area contributed by atoms with Crippen LogP contribution in [-0.4, -0.2) is 32.4 Å². The van der Waals surface area contributed by atoms with E-state index in [0.29, 0.717) is 23.7 Å². The summed E-state index contributed by atoms with van der Waals surface area (Å²) in [5.74, 6) is 0.822. The van der Waals surface area contributed by atoms with Crippen molar-refractivity contribution in [3.63, 3.8) is 0 Å². The number of benzene rings is 1. The van der Waals surface area contributed by atoms with Crippen LogP contribution in [0.2, 0.25) is 0 Å². The summed E-state index contributed by atoms with van der Waals surface area (Å²) in [7, 11) is -0.779. The van der Waals surface area contributed by atoms with E-state index in [0.717, 1.165) is 5.69 Å². The minimum absolute atomic E-state index is 0.0915. The molecule has 2 rings (SSSR count). The van der Waals surface area contributed by atoms with Gasteiger partial charge in [-0.2, -0.15) is 5.10 Å². The first-order valence-electron chi connectivity index (χ1n) is 6.70. The topological polar surface area (TPSA) is 82.5 Å². The number of rotatable bonds is 6. The SMILES string of the molecule is CCn1ncc(NS(=O)(=O)c2ccc(OC)c(OC)c2)c1C. The first kappa shape index (κ1) is 16.2. The molecule has 1 heterocycles. The van der Waals surface area contributed by atoms with Gasteiger partial charge in [0.25, 0.3) is 10.0 Å². The zero-order valence-corrected chi connectivity index (χ0v) is 13.8. The van der Waals surface area contributed by atoms with Crippen LogP contribution in [0.3, 0.4) is 0 Å². The normalized spacial score (nSPS) is 11.3. The number of ether oxygens (including phenoxy) is 2. The van der Waals surface area contributed by atoms with Gasteiger partial charge in [-0.05, 0) is 26.0 Å². The Morgan fingerprint density at radius 2 is 1.91 bits per heavy atom. The van der Waals surface area contributed by atoms with Crippen LogP contribution in [-0.2, 0) is 16.6 Å². The van der Waals surface area contributed by atoms with E-state index in [4.69, 9.17) is 9.47 Å². The molecule has 22 heavy (non-hydrogen) atoms. The van der Waals surface area contributed by atoms with Crippen LogP contribution in [0, 0.1) is 6.92 Å². The van der Waals surface area contributed by atoms with Crippen molar-refractivity contribution in [2.45, 2.75) is 25.3 Å². The molecule has 0 aliphatic rings. The molecule has 1 aromatic heterocycles. The van der Waals surface area contributed by atoms with Gasteiger partial charge in [-0.1, -0.05) is 0 Å². The van der Waals surface area contributed by atoms with Crippen molar-refractivity contribution in [3.05, 3.63) is 30.1 Å². The van der Waals surface area contributed by atoms with Gasteiger partial charge in [0, 0.05) is 12.6 Å². The molecule has 8 heteroatoms. The molecule has 0 atom stereocenters. The fourth-order valence-corrected chi connectivity index (χ4v) is 3.17. The van der Waals surface area contributed by atoms with Gasteiger partial charge >= 0.3 is 0 Å². The van der Waals surface area contributed by atoms with E-state index in [2.05, 4.69) is 9.82 Å². The Kier molecular flexibility index (Phi) is 4.60. The highest BCUT2D eigenvalue weighted by Gasteiger charge is 2.19. The summed E-state index contributed by atoms with van der Waals surface area (Å²) in [6, 6.07) is 4.43. The first-order valence-corrected chi connectivity index (χ1v) is 8.18. The summed E-state index contributed by atoms with van der Waals surface area (Å²) in [5.41, 5.74) is 1.21. The van der Waals surface area contributed by atoms with Gasteiger partial charge in [-0.15, -0.1) is 0 Å². The Hall–Kier alpha value is -2.22. The standard InChI is InChI=1S/C14H19N3O4S/c1-5-17-10(2)12(9-15-17)16-22(18,19)11-6-7-13(20-3)14(8-11)21-4/h6-9,16H,5H2,1-4H3. The fraction of sp³-hybridized carbons (Fsp3) is 0.357. The molecule has 0 aliphatic heterocycles. The van der Waals surface area contributed by atoms with Gasteiger partial charge in [0.2, 0.25) is 0 Å². The Morgan fingerprint density at radius 3 is 2.45 bits per heavy atom. The van der Waals surface area contributed by atoms with Gasteiger partial charge in [0.15, 0.2) is 11.5 Å². The second kappa shape index (κ2) is 6.27. The maximum atomic E-state index is 12.5. The fourth-order valence-electron chi connectivity index (χ4n) is 2.05. The third kappa shape index (κ3) is 3.01. The van der Waals surface area contributed by atoms with E-state index in [1.165, 1.54) is 32.5 Å². The summed E-state index contributed by atoms with van der Waals surface area (Å²) < 4.78 is 39.4. The van der Waals surface area contributed by atoms with E-state index in [1.54, 1.807) is 10.7 Å². The molecule has 1 aromatic carbocycles. The summed E-state index contributed by atoms with van der Waals surface area (Å²) in [6.07, 6.45) is 1.50. The number of nitrogens with one attached hydrogen (secondary N) is 1. The van der Waals surface area contributed by atoms with Crippen LogP contribution in [0.15, 0.2) is 29.3 Å². The number of hydrogen-bond donors (Lipinski definition) is 1. The minimum Gasteiger partial charge on any atom is -0.493 e. The number of methoxy groups -OCH3 is 2. The number of aryl methyl sites for hydroxylation is 1. The van der Waals surface area contributed by atoms with Gasteiger partial charge in [-0.25, -0.2) is 8.42 Å². The Bertz CT molecular complexity index is 768. The molecule has 0 aliphatic carbocycles. The van der Waals surface area contributed by atoms with E-state index < -0.39 is 10.0 Å². The largest absolute Gasteiger partial charge is 0.493 e. The van der Waals surface area contributed by atoms with E-state index in [9.17, 15) is 8.42 Å². The van der Waals surface area contributed by atoms with Crippen LogP contribution in [0.1, 0.15) is 12.6 Å². The summed E-state index contributed by atoms with van der Waals surface area (Å²) in [4.78, 5) is 0.0915. The summed E-state index contributed by atoms with van der Waals surface area (Å²) in [6.45, 7) is 4.42. The smallest absolute Gasteiger partial charge is 0.262 e. The van der Waals surface area contributed by atoms with E-state index >= 15 is 0 Å². The number of sulfonamides is 1. The van der Waals surface area contributed by atoms with Crippen molar-refractivity contribution in [2.75, 3.05) is 18.9 Å². The molecule has 0 fully saturated rings. The zero-order valence-electron chi connectivity index (χ0n) is 13.0. The molecule has 1 N–H and O–H groups in total. The summed E-state index contributed by atoms with van der Waals surface area (Å²) >= 11 is 0. The van der Waals surface area contributed by atoms with Crippen LogP contribution < -0.4 is 14.2 Å². The third-order valence-corrected chi connectivity index (χ3v) is 4.68. The van der Waals surface area contributed by atoms with Gasteiger partial charge < -0.3 is 9.47 Å². The van der Waals surface area contributed by atoms with Crippen LogP contribution in [0.5, 0.6) is 11.5 Å². The number of hydrogen-bond acceptors (Lipinski definition) is 5. The number of anilines is 1. The van der Waals surface area contributed by atoms with Crippen molar-refractivity contribution in [3.8, 4) is 11.5 Å². The van der Waals surface area contributed by atoms with E-state index in [-0.39, 0.29) is 4.90 Å². The Labute approximate surface area is 129 Å². The highest BCUT2D eigenvalue weighted by atomic mass is 32.2. The molecule has 0 bridgehead atoms. The highest BCUT2D eigenvalue weighted by Crippen LogP contribution is 2.30. The lowest BCUT2D eigenvalue weighted by molar-refractivity contribution is 0.354. The molecule has 0 unspecified atom stereocenters. The quantitative estimate of drug-likeness (QED) is 0.878. The van der Waals surface area contributed by atoms with Gasteiger partial charge in [0.05, 0.1) is 36.7 Å².